The standard InChI is InChI=1S/C18H20N2O3/c21-9-3-1-2-4-12-5-6-14-13(10-12)11-19-17(14)15-7-8-16(22)20-18(15)23/h5-6,10,15,17,19,21H,1,3,7-9,11H2,(H,20,22,23). The average molecular weight is 312 g/mol. The maximum absolute atomic E-state index is 12.1. The van der Waals surface area contributed by atoms with Crippen LogP contribution in [0, 0.1) is 17.8 Å². The zero-order valence-corrected chi connectivity index (χ0v) is 12.9. The van der Waals surface area contributed by atoms with Crippen LogP contribution in [0.1, 0.15) is 48.4 Å². The molecule has 0 spiro atoms. The van der Waals surface area contributed by atoms with Gasteiger partial charge in [0.1, 0.15) is 0 Å². The maximum Gasteiger partial charge on any atom is 0.231 e. The number of piperidine rings is 1. The second kappa shape index (κ2) is 6.95. The molecule has 2 aliphatic heterocycles. The molecule has 23 heavy (non-hydrogen) atoms. The predicted octanol–water partition coefficient (Wildman–Crippen LogP) is 1.01. The monoisotopic (exact) mass is 312 g/mol. The summed E-state index contributed by atoms with van der Waals surface area (Å²) in [6, 6.07) is 6.02. The quantitative estimate of drug-likeness (QED) is 0.442. The van der Waals surface area contributed by atoms with Crippen molar-refractivity contribution >= 4 is 11.8 Å². The van der Waals surface area contributed by atoms with Crippen LogP contribution in [-0.4, -0.2) is 23.5 Å². The van der Waals surface area contributed by atoms with Crippen molar-refractivity contribution in [1.82, 2.24) is 10.6 Å². The van der Waals surface area contributed by atoms with Gasteiger partial charge in [-0.25, -0.2) is 0 Å². The number of fused-ring (bicyclic) bond motifs is 1. The summed E-state index contributed by atoms with van der Waals surface area (Å²) < 4.78 is 0. The Labute approximate surface area is 135 Å². The van der Waals surface area contributed by atoms with Crippen molar-refractivity contribution in [3.63, 3.8) is 0 Å². The largest absolute Gasteiger partial charge is 0.396 e. The molecule has 0 bridgehead atoms. The molecule has 5 nitrogen and oxygen atoms in total. The first-order chi connectivity index (χ1) is 11.2. The third-order valence-corrected chi connectivity index (χ3v) is 4.37. The Balaban J connectivity index is 1.74. The van der Waals surface area contributed by atoms with E-state index in [1.165, 1.54) is 0 Å². The first-order valence-corrected chi connectivity index (χ1v) is 7.98. The highest BCUT2D eigenvalue weighted by Crippen LogP contribution is 2.35. The second-order valence-corrected chi connectivity index (χ2v) is 5.96. The molecule has 3 rings (SSSR count). The summed E-state index contributed by atoms with van der Waals surface area (Å²) in [4.78, 5) is 23.3. The Kier molecular flexibility index (Phi) is 4.75. The van der Waals surface area contributed by atoms with E-state index in [1.54, 1.807) is 0 Å². The fourth-order valence-electron chi connectivity index (χ4n) is 3.19. The summed E-state index contributed by atoms with van der Waals surface area (Å²) >= 11 is 0. The van der Waals surface area contributed by atoms with Crippen LogP contribution >= 0.6 is 0 Å². The van der Waals surface area contributed by atoms with Crippen LogP contribution < -0.4 is 10.6 Å². The van der Waals surface area contributed by atoms with Crippen LogP contribution in [-0.2, 0) is 16.1 Å². The molecule has 1 aromatic rings. The number of aliphatic hydroxyl groups excluding tert-OH is 1. The molecule has 2 atom stereocenters. The maximum atomic E-state index is 12.1. The average Bonchev–Trinajstić information content (AvgIpc) is 2.95. The number of aliphatic hydroxyl groups is 1. The molecule has 5 heteroatoms. The van der Waals surface area contributed by atoms with Crippen molar-refractivity contribution in [1.29, 1.82) is 0 Å². The van der Waals surface area contributed by atoms with Gasteiger partial charge in [0.05, 0.1) is 5.92 Å². The Bertz CT molecular complexity index is 687. The predicted molar refractivity (Wildman–Crippen MR) is 85.1 cm³/mol. The van der Waals surface area contributed by atoms with Crippen LogP contribution in [0.2, 0.25) is 0 Å². The van der Waals surface area contributed by atoms with Gasteiger partial charge in [0.2, 0.25) is 11.8 Å². The van der Waals surface area contributed by atoms with Crippen molar-refractivity contribution in [3.8, 4) is 11.8 Å². The van der Waals surface area contributed by atoms with E-state index in [0.29, 0.717) is 32.2 Å². The number of rotatable bonds is 3. The van der Waals surface area contributed by atoms with Gasteiger partial charge >= 0.3 is 0 Å². The lowest BCUT2D eigenvalue weighted by molar-refractivity contribution is -0.137. The van der Waals surface area contributed by atoms with Gasteiger partial charge in [-0.1, -0.05) is 17.9 Å². The van der Waals surface area contributed by atoms with Crippen molar-refractivity contribution in [3.05, 3.63) is 34.9 Å². The molecular weight excluding hydrogens is 292 g/mol. The van der Waals surface area contributed by atoms with Crippen molar-refractivity contribution in [2.24, 2.45) is 5.92 Å². The summed E-state index contributed by atoms with van der Waals surface area (Å²) in [6.45, 7) is 0.875. The zero-order valence-electron chi connectivity index (χ0n) is 12.9. The molecule has 1 saturated heterocycles. The molecule has 3 N–H and O–H groups in total. The Morgan fingerprint density at radius 3 is 2.96 bits per heavy atom. The molecule has 0 aliphatic carbocycles. The first kappa shape index (κ1) is 15.7. The van der Waals surface area contributed by atoms with Crippen LogP contribution in [0.3, 0.4) is 0 Å². The zero-order chi connectivity index (χ0) is 16.2. The lowest BCUT2D eigenvalue weighted by Gasteiger charge is -2.26. The molecule has 1 fully saturated rings. The van der Waals surface area contributed by atoms with E-state index >= 15 is 0 Å². The minimum Gasteiger partial charge on any atom is -0.396 e. The summed E-state index contributed by atoms with van der Waals surface area (Å²) in [5.74, 6) is 5.59. The van der Waals surface area contributed by atoms with Crippen molar-refractivity contribution in [2.45, 2.75) is 38.3 Å². The van der Waals surface area contributed by atoms with Gasteiger partial charge in [-0.05, 0) is 36.1 Å². The van der Waals surface area contributed by atoms with Gasteiger partial charge in [0.25, 0.3) is 0 Å². The van der Waals surface area contributed by atoms with Gasteiger partial charge in [0, 0.05) is 37.6 Å². The molecule has 0 aromatic heterocycles. The van der Waals surface area contributed by atoms with Gasteiger partial charge in [-0.15, -0.1) is 0 Å². The highest BCUT2D eigenvalue weighted by atomic mass is 16.3. The number of unbranched alkanes of at least 4 members (excludes halogenated alkanes) is 1. The molecule has 0 radical (unpaired) electrons. The summed E-state index contributed by atoms with van der Waals surface area (Å²) in [6.07, 6.45) is 2.37. The van der Waals surface area contributed by atoms with Gasteiger partial charge in [-0.3, -0.25) is 14.9 Å². The number of carbonyl (C=O) groups excluding carboxylic acids is 2. The van der Waals surface area contributed by atoms with Crippen molar-refractivity contribution < 1.29 is 14.7 Å². The van der Waals surface area contributed by atoms with E-state index in [4.69, 9.17) is 5.11 Å². The third-order valence-electron chi connectivity index (χ3n) is 4.37. The van der Waals surface area contributed by atoms with Crippen LogP contribution in [0.4, 0.5) is 0 Å². The van der Waals surface area contributed by atoms with E-state index in [9.17, 15) is 9.59 Å². The minimum absolute atomic E-state index is 0.0329. The number of amides is 2. The summed E-state index contributed by atoms with van der Waals surface area (Å²) in [7, 11) is 0. The van der Waals surface area contributed by atoms with E-state index in [-0.39, 0.29) is 30.4 Å². The smallest absolute Gasteiger partial charge is 0.231 e. The fourth-order valence-corrected chi connectivity index (χ4v) is 3.19. The molecule has 1 aromatic carbocycles. The number of hydrogen-bond donors (Lipinski definition) is 3. The van der Waals surface area contributed by atoms with Gasteiger partial charge < -0.3 is 10.4 Å². The number of nitrogens with one attached hydrogen (secondary N) is 2. The molecule has 2 amide bonds. The van der Waals surface area contributed by atoms with E-state index < -0.39 is 0 Å². The number of imide groups is 1. The van der Waals surface area contributed by atoms with Crippen molar-refractivity contribution in [2.75, 3.05) is 6.61 Å². The van der Waals surface area contributed by atoms with Gasteiger partial charge in [-0.2, -0.15) is 0 Å². The summed E-state index contributed by atoms with van der Waals surface area (Å²) in [5.41, 5.74) is 3.24. The van der Waals surface area contributed by atoms with Crippen LogP contribution in [0.15, 0.2) is 18.2 Å². The Morgan fingerprint density at radius 2 is 2.17 bits per heavy atom. The topological polar surface area (TPSA) is 78.4 Å². The highest BCUT2D eigenvalue weighted by Gasteiger charge is 2.37. The molecule has 0 saturated carbocycles. The van der Waals surface area contributed by atoms with Crippen LogP contribution in [0.25, 0.3) is 0 Å². The minimum atomic E-state index is -0.199. The lowest BCUT2D eigenvalue weighted by Crippen LogP contribution is -2.44. The van der Waals surface area contributed by atoms with Crippen LogP contribution in [0.5, 0.6) is 0 Å². The fraction of sp³-hybridized carbons (Fsp3) is 0.444. The molecule has 2 unspecified atom stereocenters. The summed E-state index contributed by atoms with van der Waals surface area (Å²) in [5, 5.41) is 14.6. The highest BCUT2D eigenvalue weighted by molar-refractivity contribution is 5.99. The van der Waals surface area contributed by atoms with E-state index in [1.807, 2.05) is 12.1 Å². The molecular formula is C18H20N2O3. The number of benzene rings is 1. The lowest BCUT2D eigenvalue weighted by atomic mass is 9.86. The number of carbonyl (C=O) groups is 2. The number of hydrogen-bond acceptors (Lipinski definition) is 4. The van der Waals surface area contributed by atoms with E-state index in [2.05, 4.69) is 28.5 Å². The Hall–Kier alpha value is -2.16. The molecule has 2 aliphatic rings. The van der Waals surface area contributed by atoms with Gasteiger partial charge in [0.15, 0.2) is 0 Å². The van der Waals surface area contributed by atoms with E-state index in [0.717, 1.165) is 16.7 Å². The molecule has 120 valence electrons. The normalized spacial score (nSPS) is 23.0. The third kappa shape index (κ3) is 3.44. The molecule has 2 heterocycles. The first-order valence-electron chi connectivity index (χ1n) is 7.98. The Morgan fingerprint density at radius 1 is 1.30 bits per heavy atom. The SMILES string of the molecule is O=C1CCC(C2NCc3cc(C#CCCCO)ccc32)C(=O)N1. The second-order valence-electron chi connectivity index (χ2n) is 5.96.